The van der Waals surface area contributed by atoms with E-state index >= 15 is 0 Å². The Morgan fingerprint density at radius 2 is 2.11 bits per heavy atom. The molecule has 0 rings (SSSR count). The molecule has 0 atom stereocenters. The Morgan fingerprint density at radius 3 is 2.56 bits per heavy atom. The smallest absolute Gasteiger partial charge is 0.217 e. The van der Waals surface area contributed by atoms with Crippen molar-refractivity contribution in [2.75, 3.05) is 0 Å². The molecule has 0 aromatic rings. The highest BCUT2D eigenvalue weighted by molar-refractivity contribution is 5.73. The molecule has 0 saturated heterocycles. The van der Waals surface area contributed by atoms with Gasteiger partial charge in [-0.15, -0.1) is 0 Å². The van der Waals surface area contributed by atoms with Gasteiger partial charge in [0, 0.05) is 12.8 Å². The summed E-state index contributed by atoms with van der Waals surface area (Å²) in [7, 11) is 0. The summed E-state index contributed by atoms with van der Waals surface area (Å²) < 4.78 is 0. The summed E-state index contributed by atoms with van der Waals surface area (Å²) in [5.74, 6) is -0.305. The van der Waals surface area contributed by atoms with Crippen molar-refractivity contribution in [3.63, 3.8) is 0 Å². The monoisotopic (exact) mass is 128 g/mol. The summed E-state index contributed by atoms with van der Waals surface area (Å²) in [6.07, 6.45) is 3.94. The molecule has 0 aliphatic carbocycles. The standard InChI is InChI=1S/C6H10NO2/c7-6(9)4-2-1-3-5-8/h1-4H2,(H2,7,9). The average molecular weight is 128 g/mol. The number of primary amides is 1. The van der Waals surface area contributed by atoms with Crippen LogP contribution in [0.4, 0.5) is 0 Å². The molecule has 0 bridgehead atoms. The molecule has 0 aromatic carbocycles. The van der Waals surface area contributed by atoms with Crippen molar-refractivity contribution in [2.45, 2.75) is 25.7 Å². The van der Waals surface area contributed by atoms with Crippen LogP contribution in [0.25, 0.3) is 0 Å². The molecule has 0 spiro atoms. The maximum absolute atomic E-state index is 10.1. The van der Waals surface area contributed by atoms with Gasteiger partial charge in [0.15, 0.2) is 6.29 Å². The Balaban J connectivity index is 2.91. The van der Waals surface area contributed by atoms with Gasteiger partial charge in [-0.1, -0.05) is 0 Å². The molecule has 1 radical (unpaired) electrons. The van der Waals surface area contributed by atoms with Crippen LogP contribution < -0.4 is 5.73 Å². The molecule has 3 heteroatoms. The summed E-state index contributed by atoms with van der Waals surface area (Å²) >= 11 is 0. The lowest BCUT2D eigenvalue weighted by Crippen LogP contribution is -2.09. The maximum Gasteiger partial charge on any atom is 0.217 e. The van der Waals surface area contributed by atoms with Crippen molar-refractivity contribution < 1.29 is 9.59 Å². The zero-order valence-corrected chi connectivity index (χ0v) is 5.22. The lowest BCUT2D eigenvalue weighted by molar-refractivity contribution is -0.118. The van der Waals surface area contributed by atoms with Gasteiger partial charge in [0.1, 0.15) is 0 Å². The number of carbonyl (C=O) groups excluding carboxylic acids is 2. The largest absolute Gasteiger partial charge is 0.370 e. The Kier molecular flexibility index (Phi) is 4.78. The molecule has 0 unspecified atom stereocenters. The van der Waals surface area contributed by atoms with E-state index in [2.05, 4.69) is 0 Å². The number of rotatable bonds is 5. The van der Waals surface area contributed by atoms with E-state index in [1.807, 2.05) is 0 Å². The Hall–Kier alpha value is -0.860. The third-order valence-electron chi connectivity index (χ3n) is 0.952. The number of nitrogens with two attached hydrogens (primary N) is 1. The van der Waals surface area contributed by atoms with Crippen molar-refractivity contribution in [1.29, 1.82) is 0 Å². The number of carbonyl (C=O) groups is 1. The lowest BCUT2D eigenvalue weighted by Gasteiger charge is -1.90. The predicted molar refractivity (Wildman–Crippen MR) is 33.4 cm³/mol. The van der Waals surface area contributed by atoms with E-state index in [1.165, 1.54) is 0 Å². The van der Waals surface area contributed by atoms with Gasteiger partial charge in [-0.3, -0.25) is 9.59 Å². The highest BCUT2D eigenvalue weighted by atomic mass is 16.1. The van der Waals surface area contributed by atoms with Gasteiger partial charge in [-0.25, -0.2) is 0 Å². The van der Waals surface area contributed by atoms with E-state index in [-0.39, 0.29) is 5.91 Å². The lowest BCUT2D eigenvalue weighted by atomic mass is 10.2. The van der Waals surface area contributed by atoms with Crippen LogP contribution in [0, 0.1) is 0 Å². The summed E-state index contributed by atoms with van der Waals surface area (Å²) in [6, 6.07) is 0. The molecule has 0 aliphatic heterocycles. The van der Waals surface area contributed by atoms with E-state index in [0.717, 1.165) is 0 Å². The van der Waals surface area contributed by atoms with E-state index in [1.54, 1.807) is 6.29 Å². The highest BCUT2D eigenvalue weighted by Gasteiger charge is 1.92. The van der Waals surface area contributed by atoms with E-state index in [9.17, 15) is 9.59 Å². The normalized spacial score (nSPS) is 8.89. The zero-order chi connectivity index (χ0) is 7.11. The van der Waals surface area contributed by atoms with E-state index in [4.69, 9.17) is 5.73 Å². The van der Waals surface area contributed by atoms with Crippen molar-refractivity contribution in [1.82, 2.24) is 0 Å². The van der Waals surface area contributed by atoms with Crippen LogP contribution in [-0.2, 0) is 9.59 Å². The van der Waals surface area contributed by atoms with Crippen LogP contribution in [-0.4, -0.2) is 12.2 Å². The van der Waals surface area contributed by atoms with Crippen molar-refractivity contribution >= 4 is 12.2 Å². The molecule has 0 aromatic heterocycles. The second kappa shape index (κ2) is 5.28. The van der Waals surface area contributed by atoms with Crippen LogP contribution in [0.2, 0.25) is 0 Å². The summed E-state index contributed by atoms with van der Waals surface area (Å²) in [6.45, 7) is 0. The first-order chi connectivity index (χ1) is 4.27. The third-order valence-corrected chi connectivity index (χ3v) is 0.952. The first kappa shape index (κ1) is 8.14. The molecule has 0 heterocycles. The number of hydrogen-bond acceptors (Lipinski definition) is 2. The molecule has 0 fully saturated rings. The molecule has 51 valence electrons. The second-order valence-electron chi connectivity index (χ2n) is 1.82. The molecule has 2 N–H and O–H groups in total. The van der Waals surface area contributed by atoms with Crippen LogP contribution in [0.15, 0.2) is 0 Å². The number of unbranched alkanes of at least 4 members (excludes halogenated alkanes) is 2. The van der Waals surface area contributed by atoms with Gasteiger partial charge in [0.25, 0.3) is 0 Å². The topological polar surface area (TPSA) is 60.2 Å². The average Bonchev–Trinajstić information content (AvgIpc) is 1.80. The Bertz CT molecular complexity index is 101. The molecule has 0 saturated carbocycles. The van der Waals surface area contributed by atoms with Gasteiger partial charge < -0.3 is 5.73 Å². The quantitative estimate of drug-likeness (QED) is 0.535. The fraction of sp³-hybridized carbons (Fsp3) is 0.667. The van der Waals surface area contributed by atoms with Crippen LogP contribution in [0.3, 0.4) is 0 Å². The minimum absolute atomic E-state index is 0.305. The maximum atomic E-state index is 10.1. The van der Waals surface area contributed by atoms with Gasteiger partial charge in [0.2, 0.25) is 5.91 Å². The molecule has 0 aliphatic rings. The van der Waals surface area contributed by atoms with Crippen LogP contribution >= 0.6 is 0 Å². The zero-order valence-electron chi connectivity index (χ0n) is 5.22. The van der Waals surface area contributed by atoms with Crippen LogP contribution in [0.1, 0.15) is 25.7 Å². The third kappa shape index (κ3) is 7.14. The number of hydrogen-bond donors (Lipinski definition) is 1. The van der Waals surface area contributed by atoms with Crippen molar-refractivity contribution in [3.05, 3.63) is 0 Å². The molecular formula is C6H10NO2. The molecule has 3 nitrogen and oxygen atoms in total. The summed E-state index contributed by atoms with van der Waals surface area (Å²) in [4.78, 5) is 19.7. The SMILES string of the molecule is NC(=O)CCCC[C]=O. The Labute approximate surface area is 54.2 Å². The second-order valence-corrected chi connectivity index (χ2v) is 1.82. The highest BCUT2D eigenvalue weighted by Crippen LogP contribution is 1.95. The molecular weight excluding hydrogens is 118 g/mol. The van der Waals surface area contributed by atoms with Gasteiger partial charge in [-0.05, 0) is 12.8 Å². The molecule has 1 amide bonds. The predicted octanol–water partition coefficient (Wildman–Crippen LogP) is 0.142. The minimum Gasteiger partial charge on any atom is -0.370 e. The fourth-order valence-corrected chi connectivity index (χ4v) is 0.496. The summed E-state index contributed by atoms with van der Waals surface area (Å²) in [5, 5.41) is 0. The first-order valence-corrected chi connectivity index (χ1v) is 2.90. The van der Waals surface area contributed by atoms with Crippen molar-refractivity contribution in [3.8, 4) is 0 Å². The van der Waals surface area contributed by atoms with Crippen LogP contribution in [0.5, 0.6) is 0 Å². The van der Waals surface area contributed by atoms with Gasteiger partial charge in [0.05, 0.1) is 0 Å². The summed E-state index contributed by atoms with van der Waals surface area (Å²) in [5.41, 5.74) is 4.84. The first-order valence-electron chi connectivity index (χ1n) is 2.90. The van der Waals surface area contributed by atoms with Crippen molar-refractivity contribution in [2.24, 2.45) is 5.73 Å². The minimum atomic E-state index is -0.305. The Morgan fingerprint density at radius 1 is 1.44 bits per heavy atom. The van der Waals surface area contributed by atoms with E-state index in [0.29, 0.717) is 25.7 Å². The molecule has 9 heavy (non-hydrogen) atoms. The van der Waals surface area contributed by atoms with Gasteiger partial charge in [-0.2, -0.15) is 0 Å². The number of amides is 1. The van der Waals surface area contributed by atoms with E-state index < -0.39 is 0 Å². The van der Waals surface area contributed by atoms with Gasteiger partial charge >= 0.3 is 0 Å². The fourth-order valence-electron chi connectivity index (χ4n) is 0.496.